The molecule has 0 atom stereocenters. The SMILES string of the molecule is CCc1nc2oc(OCC(=O)NCc3ccc(F)cc3)nc2c(C(F)(F)F)c1C. The smallest absolute Gasteiger partial charge is 0.419 e. The largest absolute Gasteiger partial charge is 0.440 e. The first kappa shape index (κ1) is 20.6. The molecule has 0 saturated heterocycles. The van der Waals surface area contributed by atoms with Gasteiger partial charge >= 0.3 is 12.3 Å². The molecule has 10 heteroatoms. The molecule has 154 valence electrons. The lowest BCUT2D eigenvalue weighted by Gasteiger charge is -2.12. The number of alkyl halides is 3. The van der Waals surface area contributed by atoms with Gasteiger partial charge in [-0.15, -0.1) is 0 Å². The van der Waals surface area contributed by atoms with Gasteiger partial charge < -0.3 is 14.5 Å². The van der Waals surface area contributed by atoms with Crippen molar-refractivity contribution in [3.05, 3.63) is 52.5 Å². The molecule has 2 heterocycles. The molecule has 0 bridgehead atoms. The van der Waals surface area contributed by atoms with E-state index in [0.29, 0.717) is 5.56 Å². The standard InChI is InChI=1S/C19H17F4N3O3/c1-3-13-10(2)15(19(21,22)23)16-17(25-13)29-18(26-16)28-9-14(27)24-8-11-4-6-12(20)7-5-11/h4-7H,3,8-9H2,1-2H3,(H,24,27). The molecule has 0 spiro atoms. The number of nitrogens with zero attached hydrogens (tertiary/aromatic N) is 2. The Morgan fingerprint density at radius 2 is 1.90 bits per heavy atom. The summed E-state index contributed by atoms with van der Waals surface area (Å²) in [7, 11) is 0. The van der Waals surface area contributed by atoms with Crippen LogP contribution in [0.15, 0.2) is 28.7 Å². The number of aromatic nitrogens is 2. The van der Waals surface area contributed by atoms with Crippen LogP contribution < -0.4 is 10.1 Å². The van der Waals surface area contributed by atoms with Crippen LogP contribution in [0, 0.1) is 12.7 Å². The number of ether oxygens (including phenoxy) is 1. The molecule has 0 aliphatic heterocycles. The molecule has 1 amide bonds. The van der Waals surface area contributed by atoms with E-state index in [-0.39, 0.29) is 29.9 Å². The third-order valence-corrected chi connectivity index (χ3v) is 4.22. The predicted octanol–water partition coefficient (Wildman–Crippen LogP) is 3.95. The van der Waals surface area contributed by atoms with Gasteiger partial charge in [-0.25, -0.2) is 9.37 Å². The minimum Gasteiger partial charge on any atom is -0.440 e. The van der Waals surface area contributed by atoms with Crippen molar-refractivity contribution in [1.82, 2.24) is 15.3 Å². The van der Waals surface area contributed by atoms with Crippen LogP contribution in [0.25, 0.3) is 11.2 Å². The minimum absolute atomic E-state index is 0.0237. The minimum atomic E-state index is -4.64. The Kier molecular flexibility index (Phi) is 5.71. The first-order chi connectivity index (χ1) is 13.7. The lowest BCUT2D eigenvalue weighted by Crippen LogP contribution is -2.28. The van der Waals surface area contributed by atoms with Crippen LogP contribution in [-0.2, 0) is 23.9 Å². The number of hydrogen-bond acceptors (Lipinski definition) is 5. The quantitative estimate of drug-likeness (QED) is 0.622. The monoisotopic (exact) mass is 411 g/mol. The number of halogens is 4. The van der Waals surface area contributed by atoms with Crippen molar-refractivity contribution in [3.8, 4) is 6.08 Å². The topological polar surface area (TPSA) is 77.2 Å². The summed E-state index contributed by atoms with van der Waals surface area (Å²) in [5, 5.41) is 2.53. The van der Waals surface area contributed by atoms with Crippen LogP contribution in [0.1, 0.15) is 29.3 Å². The van der Waals surface area contributed by atoms with Crippen molar-refractivity contribution in [2.24, 2.45) is 0 Å². The second-order valence-corrected chi connectivity index (χ2v) is 6.24. The van der Waals surface area contributed by atoms with Gasteiger partial charge in [-0.3, -0.25) is 4.79 Å². The highest BCUT2D eigenvalue weighted by Gasteiger charge is 2.38. The molecule has 3 aromatic rings. The number of hydrogen-bond donors (Lipinski definition) is 1. The van der Waals surface area contributed by atoms with Crippen LogP contribution in [0.2, 0.25) is 0 Å². The Morgan fingerprint density at radius 1 is 1.21 bits per heavy atom. The van der Waals surface area contributed by atoms with E-state index in [1.807, 2.05) is 0 Å². The number of oxazole rings is 1. The number of fused-ring (bicyclic) bond motifs is 1. The third-order valence-electron chi connectivity index (χ3n) is 4.22. The number of carbonyl (C=O) groups is 1. The Labute approximate surface area is 162 Å². The molecule has 1 N–H and O–H groups in total. The summed E-state index contributed by atoms with van der Waals surface area (Å²) in [6, 6.07) is 5.53. The molecule has 2 aromatic heterocycles. The molecular formula is C19H17F4N3O3. The van der Waals surface area contributed by atoms with Crippen molar-refractivity contribution in [2.45, 2.75) is 33.0 Å². The molecule has 0 saturated carbocycles. The molecule has 0 aliphatic rings. The maximum atomic E-state index is 13.5. The van der Waals surface area contributed by atoms with E-state index < -0.39 is 41.7 Å². The predicted molar refractivity (Wildman–Crippen MR) is 94.7 cm³/mol. The van der Waals surface area contributed by atoms with E-state index >= 15 is 0 Å². The maximum Gasteiger partial charge on any atom is 0.419 e. The Balaban J connectivity index is 1.72. The summed E-state index contributed by atoms with van der Waals surface area (Å²) in [6.07, 6.45) is -4.84. The second-order valence-electron chi connectivity index (χ2n) is 6.24. The van der Waals surface area contributed by atoms with Crippen LogP contribution in [0.5, 0.6) is 6.08 Å². The Bertz CT molecular complexity index is 1030. The van der Waals surface area contributed by atoms with Crippen LogP contribution in [-0.4, -0.2) is 22.5 Å². The maximum absolute atomic E-state index is 13.5. The molecular weight excluding hydrogens is 394 g/mol. The summed E-state index contributed by atoms with van der Waals surface area (Å²) in [5.74, 6) is -0.946. The number of benzene rings is 1. The molecule has 0 fully saturated rings. The number of pyridine rings is 1. The molecule has 1 aromatic carbocycles. The highest BCUT2D eigenvalue weighted by Crippen LogP contribution is 2.38. The van der Waals surface area contributed by atoms with Crippen molar-refractivity contribution in [2.75, 3.05) is 6.61 Å². The van der Waals surface area contributed by atoms with Gasteiger partial charge in [0.25, 0.3) is 11.6 Å². The summed E-state index contributed by atoms with van der Waals surface area (Å²) < 4.78 is 63.5. The lowest BCUT2D eigenvalue weighted by molar-refractivity contribution is -0.137. The van der Waals surface area contributed by atoms with Crippen molar-refractivity contribution >= 4 is 17.1 Å². The third kappa shape index (κ3) is 4.64. The van der Waals surface area contributed by atoms with E-state index in [4.69, 9.17) is 9.15 Å². The summed E-state index contributed by atoms with van der Waals surface area (Å²) in [6.45, 7) is 2.62. The molecule has 0 aliphatic carbocycles. The van der Waals surface area contributed by atoms with Gasteiger partial charge in [0.15, 0.2) is 6.61 Å². The zero-order valence-corrected chi connectivity index (χ0v) is 15.6. The summed E-state index contributed by atoms with van der Waals surface area (Å²) in [5.41, 5.74) is -0.814. The second kappa shape index (κ2) is 8.06. The van der Waals surface area contributed by atoms with Crippen LogP contribution in [0.3, 0.4) is 0 Å². The van der Waals surface area contributed by atoms with Crippen LogP contribution >= 0.6 is 0 Å². The first-order valence-electron chi connectivity index (χ1n) is 8.70. The Hall–Kier alpha value is -3.17. The van der Waals surface area contributed by atoms with Gasteiger partial charge in [-0.05, 0) is 36.6 Å². The average Bonchev–Trinajstić information content (AvgIpc) is 3.06. The van der Waals surface area contributed by atoms with Crippen LogP contribution in [0.4, 0.5) is 17.6 Å². The fourth-order valence-corrected chi connectivity index (χ4v) is 2.79. The number of aryl methyl sites for hydroxylation is 1. The summed E-state index contributed by atoms with van der Waals surface area (Å²) >= 11 is 0. The van der Waals surface area contributed by atoms with E-state index in [2.05, 4.69) is 15.3 Å². The lowest BCUT2D eigenvalue weighted by atomic mass is 10.0. The molecule has 0 unspecified atom stereocenters. The number of nitrogens with one attached hydrogen (secondary N) is 1. The fraction of sp³-hybridized carbons (Fsp3) is 0.316. The highest BCUT2D eigenvalue weighted by molar-refractivity contribution is 5.78. The normalized spacial score (nSPS) is 11.7. The fourth-order valence-electron chi connectivity index (χ4n) is 2.79. The Morgan fingerprint density at radius 3 is 2.52 bits per heavy atom. The van der Waals surface area contributed by atoms with Crippen molar-refractivity contribution in [3.63, 3.8) is 0 Å². The van der Waals surface area contributed by atoms with Gasteiger partial charge in [-0.2, -0.15) is 18.2 Å². The van der Waals surface area contributed by atoms with Crippen molar-refractivity contribution in [1.29, 1.82) is 0 Å². The zero-order chi connectivity index (χ0) is 21.2. The first-order valence-corrected chi connectivity index (χ1v) is 8.70. The van der Waals surface area contributed by atoms with Gasteiger partial charge in [-0.1, -0.05) is 19.1 Å². The van der Waals surface area contributed by atoms with Gasteiger partial charge in [0.05, 0.1) is 5.56 Å². The molecule has 6 nitrogen and oxygen atoms in total. The van der Waals surface area contributed by atoms with E-state index in [9.17, 15) is 22.4 Å². The molecule has 0 radical (unpaired) electrons. The average molecular weight is 411 g/mol. The van der Waals surface area contributed by atoms with E-state index in [1.165, 1.54) is 31.2 Å². The van der Waals surface area contributed by atoms with E-state index in [0.717, 1.165) is 0 Å². The summed E-state index contributed by atoms with van der Waals surface area (Å²) in [4.78, 5) is 19.7. The van der Waals surface area contributed by atoms with Gasteiger partial charge in [0.2, 0.25) is 0 Å². The number of rotatable bonds is 6. The molecule has 29 heavy (non-hydrogen) atoms. The van der Waals surface area contributed by atoms with E-state index in [1.54, 1.807) is 6.92 Å². The number of amides is 1. The zero-order valence-electron chi connectivity index (χ0n) is 15.6. The number of carbonyl (C=O) groups excluding carboxylic acids is 1. The highest BCUT2D eigenvalue weighted by atomic mass is 19.4. The molecule has 3 rings (SSSR count). The van der Waals surface area contributed by atoms with Gasteiger partial charge in [0, 0.05) is 12.2 Å². The van der Waals surface area contributed by atoms with Crippen molar-refractivity contribution < 1.29 is 31.5 Å². The van der Waals surface area contributed by atoms with Gasteiger partial charge in [0.1, 0.15) is 11.3 Å².